The van der Waals surface area contributed by atoms with E-state index in [2.05, 4.69) is 10.3 Å². The van der Waals surface area contributed by atoms with Gasteiger partial charge in [-0.1, -0.05) is 12.8 Å². The first kappa shape index (κ1) is 15.9. The largest absolute Gasteiger partial charge is 0.461 e. The number of thiazole rings is 1. The van der Waals surface area contributed by atoms with Gasteiger partial charge in [-0.25, -0.2) is 9.78 Å². The van der Waals surface area contributed by atoms with Gasteiger partial charge in [-0.15, -0.1) is 11.3 Å². The number of hydrogen-bond acceptors (Lipinski definition) is 6. The van der Waals surface area contributed by atoms with E-state index in [4.69, 9.17) is 9.47 Å². The molecule has 1 aliphatic carbocycles. The molecule has 6 nitrogen and oxygen atoms in total. The van der Waals surface area contributed by atoms with Crippen molar-refractivity contribution in [1.29, 1.82) is 0 Å². The van der Waals surface area contributed by atoms with Crippen LogP contribution in [0.15, 0.2) is 5.38 Å². The highest BCUT2D eigenvalue weighted by atomic mass is 32.1. The van der Waals surface area contributed by atoms with Crippen molar-refractivity contribution in [1.82, 2.24) is 10.3 Å². The minimum atomic E-state index is -0.494. The third kappa shape index (κ3) is 4.78. The monoisotopic (exact) mass is 312 g/mol. The van der Waals surface area contributed by atoms with Crippen molar-refractivity contribution in [2.45, 2.75) is 38.7 Å². The van der Waals surface area contributed by atoms with Gasteiger partial charge in [0.1, 0.15) is 5.69 Å². The van der Waals surface area contributed by atoms with E-state index in [0.717, 1.165) is 24.2 Å². The topological polar surface area (TPSA) is 77.5 Å². The predicted octanol–water partition coefficient (Wildman–Crippen LogP) is 2.01. The second-order valence-corrected chi connectivity index (χ2v) is 5.65. The third-order valence-corrected chi connectivity index (χ3v) is 4.05. The number of nitrogens with zero attached hydrogens (tertiary/aromatic N) is 1. The number of hydrogen-bond donors (Lipinski definition) is 1. The molecule has 1 aromatic rings. The molecule has 1 fully saturated rings. The zero-order valence-electron chi connectivity index (χ0n) is 12.1. The molecular weight excluding hydrogens is 292 g/mol. The molecule has 0 saturated heterocycles. The molecule has 0 aliphatic heterocycles. The summed E-state index contributed by atoms with van der Waals surface area (Å²) in [4.78, 5) is 27.3. The molecule has 1 aromatic heterocycles. The normalized spacial score (nSPS) is 15.1. The molecule has 0 unspecified atom stereocenters. The molecule has 1 heterocycles. The molecule has 0 atom stereocenters. The highest BCUT2D eigenvalue weighted by Gasteiger charge is 2.17. The maximum Gasteiger partial charge on any atom is 0.367 e. The van der Waals surface area contributed by atoms with Gasteiger partial charge in [-0.3, -0.25) is 4.79 Å². The molecule has 0 spiro atoms. The molecule has 7 heteroatoms. The van der Waals surface area contributed by atoms with Crippen molar-refractivity contribution in [3.05, 3.63) is 16.1 Å². The summed E-state index contributed by atoms with van der Waals surface area (Å²) in [6.45, 7) is 2.97. The van der Waals surface area contributed by atoms with Gasteiger partial charge in [0.05, 0.1) is 19.3 Å². The molecule has 1 aliphatic rings. The maximum atomic E-state index is 11.9. The van der Waals surface area contributed by atoms with Crippen molar-refractivity contribution in [3.8, 4) is 0 Å². The van der Waals surface area contributed by atoms with E-state index in [9.17, 15) is 9.59 Å². The van der Waals surface area contributed by atoms with Crippen molar-refractivity contribution >= 4 is 23.2 Å². The van der Waals surface area contributed by atoms with Gasteiger partial charge in [0, 0.05) is 11.9 Å². The number of ether oxygens (including phenoxy) is 2. The van der Waals surface area contributed by atoms with Crippen LogP contribution in [0.5, 0.6) is 0 Å². The summed E-state index contributed by atoms with van der Waals surface area (Å²) in [5.74, 6) is -0.789. The number of carbonyl (C=O) groups excluding carboxylic acids is 2. The number of rotatable bonds is 7. The number of amides is 1. The molecule has 116 valence electrons. The predicted molar refractivity (Wildman–Crippen MR) is 78.6 cm³/mol. The first-order chi connectivity index (χ1) is 10.2. The summed E-state index contributed by atoms with van der Waals surface area (Å²) in [6.07, 6.45) is 5.03. The standard InChI is InChI=1S/C14H20N2O4S/c1-2-19-14(18)13-16-11(9-21-13)12(17)15-7-8-20-10-5-3-4-6-10/h9-10H,2-8H2,1H3,(H,15,17). The second-order valence-electron chi connectivity index (χ2n) is 4.79. The van der Waals surface area contributed by atoms with Gasteiger partial charge < -0.3 is 14.8 Å². The highest BCUT2D eigenvalue weighted by molar-refractivity contribution is 7.11. The molecule has 1 N–H and O–H groups in total. The van der Waals surface area contributed by atoms with Crippen LogP contribution in [-0.4, -0.2) is 42.7 Å². The smallest absolute Gasteiger partial charge is 0.367 e. The van der Waals surface area contributed by atoms with Crippen LogP contribution < -0.4 is 5.32 Å². The van der Waals surface area contributed by atoms with Crippen LogP contribution in [0.3, 0.4) is 0 Å². The zero-order chi connectivity index (χ0) is 15.1. The van der Waals surface area contributed by atoms with Crippen molar-refractivity contribution in [3.63, 3.8) is 0 Å². The number of esters is 1. The Balaban J connectivity index is 1.71. The number of aromatic nitrogens is 1. The van der Waals surface area contributed by atoms with E-state index in [-0.39, 0.29) is 16.6 Å². The average molecular weight is 312 g/mol. The highest BCUT2D eigenvalue weighted by Crippen LogP contribution is 2.20. The van der Waals surface area contributed by atoms with E-state index in [1.165, 1.54) is 12.8 Å². The lowest BCUT2D eigenvalue weighted by Crippen LogP contribution is -2.28. The quantitative estimate of drug-likeness (QED) is 0.615. The summed E-state index contributed by atoms with van der Waals surface area (Å²) in [5, 5.41) is 4.49. The van der Waals surface area contributed by atoms with E-state index < -0.39 is 5.97 Å². The van der Waals surface area contributed by atoms with Gasteiger partial charge in [-0.05, 0) is 19.8 Å². The Morgan fingerprint density at radius 3 is 2.90 bits per heavy atom. The minimum absolute atomic E-state index is 0.198. The van der Waals surface area contributed by atoms with Crippen LogP contribution in [-0.2, 0) is 9.47 Å². The second kappa shape index (κ2) is 8.09. The maximum absolute atomic E-state index is 11.9. The third-order valence-electron chi connectivity index (χ3n) is 3.23. The molecule has 0 radical (unpaired) electrons. The van der Waals surface area contributed by atoms with E-state index >= 15 is 0 Å². The fourth-order valence-corrected chi connectivity index (χ4v) is 2.89. The van der Waals surface area contributed by atoms with Gasteiger partial charge >= 0.3 is 5.97 Å². The summed E-state index contributed by atoms with van der Waals surface area (Å²) >= 11 is 1.11. The van der Waals surface area contributed by atoms with Gasteiger partial charge in [0.15, 0.2) is 0 Å². The van der Waals surface area contributed by atoms with Crippen LogP contribution in [0.2, 0.25) is 0 Å². The number of nitrogens with one attached hydrogen (secondary N) is 1. The molecule has 0 aromatic carbocycles. The first-order valence-corrected chi connectivity index (χ1v) is 8.11. The summed E-state index contributed by atoms with van der Waals surface area (Å²) in [7, 11) is 0. The van der Waals surface area contributed by atoms with E-state index in [0.29, 0.717) is 25.9 Å². The van der Waals surface area contributed by atoms with Crippen LogP contribution in [0.4, 0.5) is 0 Å². The average Bonchev–Trinajstić information content (AvgIpc) is 3.14. The molecular formula is C14H20N2O4S. The van der Waals surface area contributed by atoms with Crippen molar-refractivity contribution in [2.75, 3.05) is 19.8 Å². The van der Waals surface area contributed by atoms with Gasteiger partial charge in [-0.2, -0.15) is 0 Å². The SMILES string of the molecule is CCOC(=O)c1nc(C(=O)NCCOC2CCCC2)cs1. The molecule has 21 heavy (non-hydrogen) atoms. The number of carbonyl (C=O) groups is 2. The Kier molecular flexibility index (Phi) is 6.13. The van der Waals surface area contributed by atoms with Gasteiger partial charge in [0.25, 0.3) is 5.91 Å². The Morgan fingerprint density at radius 2 is 2.19 bits per heavy atom. The first-order valence-electron chi connectivity index (χ1n) is 7.23. The van der Waals surface area contributed by atoms with Crippen LogP contribution in [0.1, 0.15) is 52.9 Å². The lowest BCUT2D eigenvalue weighted by molar-refractivity contribution is 0.0525. The fraction of sp³-hybridized carbons (Fsp3) is 0.643. The van der Waals surface area contributed by atoms with Crippen molar-refractivity contribution in [2.24, 2.45) is 0 Å². The van der Waals surface area contributed by atoms with Crippen LogP contribution >= 0.6 is 11.3 Å². The summed E-state index contributed by atoms with van der Waals surface area (Å²) < 4.78 is 10.5. The zero-order valence-corrected chi connectivity index (χ0v) is 12.9. The van der Waals surface area contributed by atoms with Gasteiger partial charge in [0.2, 0.25) is 5.01 Å². The van der Waals surface area contributed by atoms with E-state index in [1.807, 2.05) is 0 Å². The molecule has 1 saturated carbocycles. The lowest BCUT2D eigenvalue weighted by atomic mass is 10.3. The molecule has 2 rings (SSSR count). The summed E-state index contributed by atoms with van der Waals surface area (Å²) in [6, 6.07) is 0. The van der Waals surface area contributed by atoms with Crippen LogP contribution in [0.25, 0.3) is 0 Å². The Bertz CT molecular complexity index is 483. The Hall–Kier alpha value is -1.47. The Labute approximate surface area is 127 Å². The molecule has 1 amide bonds. The fourth-order valence-electron chi connectivity index (χ4n) is 2.20. The van der Waals surface area contributed by atoms with Crippen molar-refractivity contribution < 1.29 is 19.1 Å². The minimum Gasteiger partial charge on any atom is -0.461 e. The van der Waals surface area contributed by atoms with Crippen LogP contribution in [0, 0.1) is 0 Å². The summed E-state index contributed by atoms with van der Waals surface area (Å²) in [5.41, 5.74) is 0.240. The molecule has 0 bridgehead atoms. The van der Waals surface area contributed by atoms with E-state index in [1.54, 1.807) is 12.3 Å². The lowest BCUT2D eigenvalue weighted by Gasteiger charge is -2.10. The Morgan fingerprint density at radius 1 is 1.43 bits per heavy atom.